The van der Waals surface area contributed by atoms with Crippen LogP contribution in [0.25, 0.3) is 0 Å². The van der Waals surface area contributed by atoms with E-state index in [1.165, 1.54) is 24.3 Å². The predicted octanol–water partition coefficient (Wildman–Crippen LogP) is 3.18. The lowest BCUT2D eigenvalue weighted by atomic mass is 9.98. The van der Waals surface area contributed by atoms with Gasteiger partial charge >= 0.3 is 5.97 Å². The van der Waals surface area contributed by atoms with E-state index >= 15 is 0 Å². The van der Waals surface area contributed by atoms with Gasteiger partial charge in [0.2, 0.25) is 0 Å². The smallest absolute Gasteiger partial charge is 0.338 e. The summed E-state index contributed by atoms with van der Waals surface area (Å²) >= 11 is 0. The van der Waals surface area contributed by atoms with Crippen molar-refractivity contribution in [1.29, 1.82) is 0 Å². The Bertz CT molecular complexity index is 782. The third-order valence-electron chi connectivity index (χ3n) is 4.44. The van der Waals surface area contributed by atoms with Gasteiger partial charge < -0.3 is 14.6 Å². The molecule has 1 heterocycles. The molecule has 144 valence electrons. The molecule has 0 spiro atoms. The SMILES string of the molecule is CCOC1(c2ccc(C(=O)OCc3ccccc3)cc2)CC(F)(F)C(O)N1. The van der Waals surface area contributed by atoms with E-state index in [0.29, 0.717) is 11.1 Å². The molecule has 1 aliphatic heterocycles. The van der Waals surface area contributed by atoms with E-state index in [-0.39, 0.29) is 13.2 Å². The number of aliphatic hydroxyl groups is 1. The fraction of sp³-hybridized carbons (Fsp3) is 0.350. The molecule has 0 bridgehead atoms. The normalized spacial score (nSPS) is 23.9. The van der Waals surface area contributed by atoms with Crippen molar-refractivity contribution < 1.29 is 28.2 Å². The zero-order valence-corrected chi connectivity index (χ0v) is 14.8. The van der Waals surface area contributed by atoms with Gasteiger partial charge in [-0.3, -0.25) is 5.32 Å². The van der Waals surface area contributed by atoms with Crippen molar-refractivity contribution in [2.24, 2.45) is 0 Å². The van der Waals surface area contributed by atoms with Crippen LogP contribution in [0.5, 0.6) is 0 Å². The average Bonchev–Trinajstić information content (AvgIpc) is 2.90. The Balaban J connectivity index is 1.73. The summed E-state index contributed by atoms with van der Waals surface area (Å²) in [7, 11) is 0. The lowest BCUT2D eigenvalue weighted by molar-refractivity contribution is -0.0973. The lowest BCUT2D eigenvalue weighted by Crippen LogP contribution is -2.43. The number of hydrogen-bond donors (Lipinski definition) is 2. The summed E-state index contributed by atoms with van der Waals surface area (Å²) in [6, 6.07) is 15.3. The highest BCUT2D eigenvalue weighted by Crippen LogP contribution is 2.43. The van der Waals surface area contributed by atoms with Crippen LogP contribution in [-0.2, 0) is 21.8 Å². The fourth-order valence-corrected chi connectivity index (χ4v) is 3.10. The number of aliphatic hydroxyl groups excluding tert-OH is 1. The molecule has 3 rings (SSSR count). The zero-order chi connectivity index (χ0) is 19.5. The second kappa shape index (κ2) is 7.72. The third-order valence-corrected chi connectivity index (χ3v) is 4.44. The van der Waals surface area contributed by atoms with Crippen LogP contribution in [0.2, 0.25) is 0 Å². The molecule has 1 aliphatic rings. The number of halogens is 2. The van der Waals surface area contributed by atoms with Crippen LogP contribution in [0.4, 0.5) is 8.78 Å². The average molecular weight is 377 g/mol. The van der Waals surface area contributed by atoms with Crippen LogP contribution in [0, 0.1) is 0 Å². The molecule has 1 saturated heterocycles. The number of nitrogens with one attached hydrogen (secondary N) is 1. The van der Waals surface area contributed by atoms with Gasteiger partial charge in [-0.2, -0.15) is 0 Å². The Morgan fingerprint density at radius 1 is 1.19 bits per heavy atom. The first-order valence-corrected chi connectivity index (χ1v) is 8.65. The quantitative estimate of drug-likeness (QED) is 0.757. The number of esters is 1. The van der Waals surface area contributed by atoms with Gasteiger partial charge in [0, 0.05) is 6.61 Å². The van der Waals surface area contributed by atoms with Crippen molar-refractivity contribution >= 4 is 5.97 Å². The Morgan fingerprint density at radius 2 is 1.85 bits per heavy atom. The van der Waals surface area contributed by atoms with Crippen LogP contribution in [0.1, 0.15) is 34.8 Å². The van der Waals surface area contributed by atoms with Crippen molar-refractivity contribution in [2.75, 3.05) is 6.61 Å². The summed E-state index contributed by atoms with van der Waals surface area (Å²) in [6.45, 7) is 2.00. The van der Waals surface area contributed by atoms with Gasteiger partial charge in [0.05, 0.1) is 12.0 Å². The molecule has 7 heteroatoms. The third kappa shape index (κ3) is 4.16. The van der Waals surface area contributed by atoms with Gasteiger partial charge in [-0.15, -0.1) is 0 Å². The molecular weight excluding hydrogens is 356 g/mol. The Hall–Kier alpha value is -2.35. The first-order chi connectivity index (χ1) is 12.9. The fourth-order valence-electron chi connectivity index (χ4n) is 3.10. The van der Waals surface area contributed by atoms with Crippen molar-refractivity contribution in [2.45, 2.75) is 37.8 Å². The minimum atomic E-state index is -3.32. The van der Waals surface area contributed by atoms with Crippen LogP contribution < -0.4 is 5.32 Å². The van der Waals surface area contributed by atoms with E-state index in [0.717, 1.165) is 5.56 Å². The molecular formula is C20H21F2NO4. The minimum Gasteiger partial charge on any atom is -0.457 e. The zero-order valence-electron chi connectivity index (χ0n) is 14.8. The monoisotopic (exact) mass is 377 g/mol. The number of ether oxygens (including phenoxy) is 2. The summed E-state index contributed by atoms with van der Waals surface area (Å²) in [4.78, 5) is 12.2. The van der Waals surface area contributed by atoms with Crippen molar-refractivity contribution in [1.82, 2.24) is 5.32 Å². The number of rotatable bonds is 6. The van der Waals surface area contributed by atoms with Gasteiger partial charge in [-0.25, -0.2) is 13.6 Å². The first-order valence-electron chi connectivity index (χ1n) is 8.65. The largest absolute Gasteiger partial charge is 0.457 e. The summed E-state index contributed by atoms with van der Waals surface area (Å²) < 4.78 is 38.5. The molecule has 0 amide bonds. The maximum Gasteiger partial charge on any atom is 0.338 e. The Kier molecular flexibility index (Phi) is 5.55. The number of hydrogen-bond acceptors (Lipinski definition) is 5. The predicted molar refractivity (Wildman–Crippen MR) is 94.0 cm³/mol. The van der Waals surface area contributed by atoms with E-state index in [2.05, 4.69) is 5.32 Å². The number of alkyl halides is 2. The molecule has 27 heavy (non-hydrogen) atoms. The van der Waals surface area contributed by atoms with E-state index < -0.39 is 30.3 Å². The molecule has 2 atom stereocenters. The molecule has 2 aromatic carbocycles. The van der Waals surface area contributed by atoms with Crippen molar-refractivity contribution in [3.8, 4) is 0 Å². The number of carbonyl (C=O) groups is 1. The molecule has 2 aromatic rings. The van der Waals surface area contributed by atoms with Gasteiger partial charge in [-0.05, 0) is 30.2 Å². The molecule has 2 N–H and O–H groups in total. The topological polar surface area (TPSA) is 67.8 Å². The second-order valence-electron chi connectivity index (χ2n) is 6.38. The molecule has 0 radical (unpaired) electrons. The maximum atomic E-state index is 13.8. The van der Waals surface area contributed by atoms with Crippen LogP contribution in [0.15, 0.2) is 54.6 Å². The second-order valence-corrected chi connectivity index (χ2v) is 6.38. The highest BCUT2D eigenvalue weighted by molar-refractivity contribution is 5.89. The van der Waals surface area contributed by atoms with E-state index in [1.54, 1.807) is 6.92 Å². The van der Waals surface area contributed by atoms with Crippen LogP contribution >= 0.6 is 0 Å². The lowest BCUT2D eigenvalue weighted by Gasteiger charge is -2.29. The number of benzene rings is 2. The standard InChI is InChI=1S/C20H21F2NO4/c1-2-27-20(13-19(21,22)18(25)23-20)16-10-8-15(9-11-16)17(24)26-12-14-6-4-3-5-7-14/h3-11,18,23,25H,2,12-13H2,1H3. The molecule has 0 aromatic heterocycles. The van der Waals surface area contributed by atoms with Crippen LogP contribution in [-0.4, -0.2) is 29.8 Å². The Morgan fingerprint density at radius 3 is 2.41 bits per heavy atom. The number of carbonyl (C=O) groups excluding carboxylic acids is 1. The van der Waals surface area contributed by atoms with E-state index in [1.807, 2.05) is 30.3 Å². The summed E-state index contributed by atoms with van der Waals surface area (Å²) in [6.07, 6.45) is -2.70. The first kappa shape index (κ1) is 19.4. The molecule has 5 nitrogen and oxygen atoms in total. The van der Waals surface area contributed by atoms with Crippen LogP contribution in [0.3, 0.4) is 0 Å². The summed E-state index contributed by atoms with van der Waals surface area (Å²) in [5.41, 5.74) is 0.0559. The van der Waals surface area contributed by atoms with Gasteiger partial charge in [0.25, 0.3) is 5.92 Å². The Labute approximate surface area is 155 Å². The van der Waals surface area contributed by atoms with Gasteiger partial charge in [0.15, 0.2) is 12.0 Å². The highest BCUT2D eigenvalue weighted by atomic mass is 19.3. The van der Waals surface area contributed by atoms with E-state index in [9.17, 15) is 18.7 Å². The van der Waals surface area contributed by atoms with E-state index in [4.69, 9.17) is 9.47 Å². The minimum absolute atomic E-state index is 0.143. The summed E-state index contributed by atoms with van der Waals surface area (Å²) in [5, 5.41) is 12.0. The molecule has 0 saturated carbocycles. The van der Waals surface area contributed by atoms with Gasteiger partial charge in [-0.1, -0.05) is 42.5 Å². The molecule has 0 aliphatic carbocycles. The highest BCUT2D eigenvalue weighted by Gasteiger charge is 2.57. The van der Waals surface area contributed by atoms with Crippen molar-refractivity contribution in [3.63, 3.8) is 0 Å². The molecule has 1 fully saturated rings. The van der Waals surface area contributed by atoms with Crippen molar-refractivity contribution in [3.05, 3.63) is 71.3 Å². The molecule has 2 unspecified atom stereocenters. The van der Waals surface area contributed by atoms with Gasteiger partial charge in [0.1, 0.15) is 6.61 Å². The maximum absolute atomic E-state index is 13.8. The summed E-state index contributed by atoms with van der Waals surface area (Å²) in [5.74, 6) is -3.83.